The molecule has 2 saturated heterocycles. The first-order valence-corrected chi connectivity index (χ1v) is 9.05. The van der Waals surface area contributed by atoms with Crippen molar-refractivity contribution in [2.75, 3.05) is 57.1 Å². The standard InChI is InChI=1S/C15H24N4O2S/c1-22-14-16-5-4-13(17-14)19-8-9-21-12-15(20,11-19)10-18-6-2-3-7-18/h4-5,20H,2-3,6-12H2,1H3/t15-/m1/s1. The van der Waals surface area contributed by atoms with Crippen LogP contribution >= 0.6 is 11.8 Å². The Hall–Kier alpha value is -0.890. The molecule has 1 aromatic heterocycles. The number of anilines is 1. The molecule has 0 amide bonds. The van der Waals surface area contributed by atoms with Crippen molar-refractivity contribution in [2.24, 2.45) is 0 Å². The summed E-state index contributed by atoms with van der Waals surface area (Å²) in [5, 5.41) is 11.8. The van der Waals surface area contributed by atoms with Gasteiger partial charge in [0, 0.05) is 19.3 Å². The van der Waals surface area contributed by atoms with Gasteiger partial charge in [0.25, 0.3) is 0 Å². The van der Waals surface area contributed by atoms with Crippen molar-refractivity contribution < 1.29 is 9.84 Å². The molecule has 0 radical (unpaired) electrons. The van der Waals surface area contributed by atoms with E-state index in [9.17, 15) is 5.11 Å². The second-order valence-corrected chi connectivity index (χ2v) is 6.86. The van der Waals surface area contributed by atoms with Crippen molar-refractivity contribution in [3.05, 3.63) is 12.3 Å². The number of aliphatic hydroxyl groups is 1. The van der Waals surface area contributed by atoms with Gasteiger partial charge in [-0.3, -0.25) is 0 Å². The maximum atomic E-state index is 11.0. The average Bonchev–Trinajstić information content (AvgIpc) is 2.95. The molecular weight excluding hydrogens is 300 g/mol. The third kappa shape index (κ3) is 3.90. The monoisotopic (exact) mass is 324 g/mol. The van der Waals surface area contributed by atoms with Crippen LogP contribution in [0.5, 0.6) is 0 Å². The van der Waals surface area contributed by atoms with E-state index in [1.807, 2.05) is 12.3 Å². The van der Waals surface area contributed by atoms with E-state index in [2.05, 4.69) is 19.8 Å². The predicted octanol–water partition coefficient (Wildman–Crippen LogP) is 0.862. The Bertz CT molecular complexity index is 498. The van der Waals surface area contributed by atoms with Crippen LogP contribution in [0.15, 0.2) is 17.4 Å². The molecule has 1 N–H and O–H groups in total. The van der Waals surface area contributed by atoms with Crippen LogP contribution in [-0.4, -0.2) is 77.8 Å². The second kappa shape index (κ2) is 7.12. The first-order valence-electron chi connectivity index (χ1n) is 7.83. The molecule has 2 fully saturated rings. The van der Waals surface area contributed by atoms with Gasteiger partial charge in [0.15, 0.2) is 5.16 Å². The van der Waals surface area contributed by atoms with Crippen LogP contribution in [0.25, 0.3) is 0 Å². The van der Waals surface area contributed by atoms with E-state index in [1.54, 1.807) is 6.20 Å². The number of β-amino-alcohol motifs (C(OH)–C–C–N with tert-alkyl or cyclic N) is 1. The van der Waals surface area contributed by atoms with E-state index in [1.165, 1.54) is 24.6 Å². The van der Waals surface area contributed by atoms with Crippen LogP contribution < -0.4 is 4.90 Å². The second-order valence-electron chi connectivity index (χ2n) is 6.08. The molecule has 6 nitrogen and oxygen atoms in total. The molecule has 1 aromatic rings. The first kappa shape index (κ1) is 16.0. The van der Waals surface area contributed by atoms with Crippen LogP contribution in [-0.2, 0) is 4.74 Å². The third-order valence-corrected chi connectivity index (χ3v) is 4.77. The molecule has 3 rings (SSSR count). The van der Waals surface area contributed by atoms with Crippen LogP contribution in [0.3, 0.4) is 0 Å². The highest BCUT2D eigenvalue weighted by molar-refractivity contribution is 7.98. The van der Waals surface area contributed by atoms with Gasteiger partial charge in [-0.15, -0.1) is 0 Å². The normalized spacial score (nSPS) is 27.1. The van der Waals surface area contributed by atoms with Crippen LogP contribution in [0.4, 0.5) is 5.82 Å². The third-order valence-electron chi connectivity index (χ3n) is 4.20. The first-order chi connectivity index (χ1) is 10.7. The number of hydrogen-bond donors (Lipinski definition) is 1. The Morgan fingerprint density at radius 2 is 2.18 bits per heavy atom. The zero-order valence-electron chi connectivity index (χ0n) is 13.1. The molecule has 0 bridgehead atoms. The number of aromatic nitrogens is 2. The summed E-state index contributed by atoms with van der Waals surface area (Å²) < 4.78 is 5.66. The highest BCUT2D eigenvalue weighted by atomic mass is 32.2. The molecule has 2 aliphatic heterocycles. The van der Waals surface area contributed by atoms with E-state index in [0.717, 1.165) is 30.6 Å². The molecule has 0 unspecified atom stereocenters. The molecule has 7 heteroatoms. The fourth-order valence-electron chi connectivity index (χ4n) is 3.17. The summed E-state index contributed by atoms with van der Waals surface area (Å²) >= 11 is 1.53. The largest absolute Gasteiger partial charge is 0.384 e. The Morgan fingerprint density at radius 1 is 1.36 bits per heavy atom. The van der Waals surface area contributed by atoms with Gasteiger partial charge >= 0.3 is 0 Å². The van der Waals surface area contributed by atoms with E-state index in [0.29, 0.717) is 26.3 Å². The SMILES string of the molecule is CSc1nccc(N2CCOC[C@@](O)(CN3CCCC3)C2)n1. The lowest BCUT2D eigenvalue weighted by Gasteiger charge is -2.34. The molecule has 22 heavy (non-hydrogen) atoms. The molecule has 3 heterocycles. The van der Waals surface area contributed by atoms with Crippen molar-refractivity contribution in [1.82, 2.24) is 14.9 Å². The van der Waals surface area contributed by atoms with Crippen molar-refractivity contribution in [3.63, 3.8) is 0 Å². The molecular formula is C15H24N4O2S. The van der Waals surface area contributed by atoms with Gasteiger partial charge in [0.2, 0.25) is 0 Å². The fourth-order valence-corrected chi connectivity index (χ4v) is 3.52. The topological polar surface area (TPSA) is 61.7 Å². The van der Waals surface area contributed by atoms with Gasteiger partial charge < -0.3 is 19.6 Å². The smallest absolute Gasteiger partial charge is 0.189 e. The number of hydrogen-bond acceptors (Lipinski definition) is 7. The van der Waals surface area contributed by atoms with Crippen molar-refractivity contribution in [3.8, 4) is 0 Å². The Morgan fingerprint density at radius 3 is 2.95 bits per heavy atom. The molecule has 2 aliphatic rings. The highest BCUT2D eigenvalue weighted by Crippen LogP contribution is 2.22. The summed E-state index contributed by atoms with van der Waals surface area (Å²) in [6.07, 6.45) is 6.20. The maximum absolute atomic E-state index is 11.0. The Kier molecular flexibility index (Phi) is 5.18. The van der Waals surface area contributed by atoms with Crippen molar-refractivity contribution >= 4 is 17.6 Å². The molecule has 0 aromatic carbocycles. The van der Waals surface area contributed by atoms with Crippen LogP contribution in [0.1, 0.15) is 12.8 Å². The number of thioether (sulfide) groups is 1. The minimum Gasteiger partial charge on any atom is -0.384 e. The lowest BCUT2D eigenvalue weighted by molar-refractivity contribution is -0.0439. The summed E-state index contributed by atoms with van der Waals surface area (Å²) in [6, 6.07) is 1.90. The summed E-state index contributed by atoms with van der Waals surface area (Å²) in [4.78, 5) is 13.2. The quantitative estimate of drug-likeness (QED) is 0.651. The molecule has 0 spiro atoms. The number of rotatable bonds is 4. The minimum atomic E-state index is -0.842. The predicted molar refractivity (Wildman–Crippen MR) is 87.5 cm³/mol. The van der Waals surface area contributed by atoms with Crippen molar-refractivity contribution in [2.45, 2.75) is 23.6 Å². The van der Waals surface area contributed by atoms with E-state index >= 15 is 0 Å². The van der Waals surface area contributed by atoms with Crippen molar-refractivity contribution in [1.29, 1.82) is 0 Å². The molecule has 122 valence electrons. The van der Waals surface area contributed by atoms with Gasteiger partial charge in [-0.05, 0) is 38.3 Å². The lowest BCUT2D eigenvalue weighted by Crippen LogP contribution is -2.52. The summed E-state index contributed by atoms with van der Waals surface area (Å²) in [5.74, 6) is 0.865. The van der Waals surface area contributed by atoms with E-state index in [4.69, 9.17) is 4.74 Å². The van der Waals surface area contributed by atoms with Gasteiger partial charge in [-0.25, -0.2) is 9.97 Å². The summed E-state index contributed by atoms with van der Waals surface area (Å²) in [7, 11) is 0. The summed E-state index contributed by atoms with van der Waals surface area (Å²) in [6.45, 7) is 5.12. The minimum absolute atomic E-state index is 0.389. The number of nitrogens with zero attached hydrogens (tertiary/aromatic N) is 4. The van der Waals surface area contributed by atoms with Gasteiger partial charge in [-0.1, -0.05) is 11.8 Å². The van der Waals surface area contributed by atoms with Crippen LogP contribution in [0, 0.1) is 0 Å². The van der Waals surface area contributed by atoms with E-state index in [-0.39, 0.29) is 0 Å². The van der Waals surface area contributed by atoms with Gasteiger partial charge in [0.05, 0.1) is 19.8 Å². The van der Waals surface area contributed by atoms with Gasteiger partial charge in [-0.2, -0.15) is 0 Å². The number of ether oxygens (including phenoxy) is 1. The lowest BCUT2D eigenvalue weighted by atomic mass is 10.0. The number of likely N-dealkylation sites (tertiary alicyclic amines) is 1. The zero-order valence-corrected chi connectivity index (χ0v) is 13.9. The fraction of sp³-hybridized carbons (Fsp3) is 0.733. The maximum Gasteiger partial charge on any atom is 0.189 e. The highest BCUT2D eigenvalue weighted by Gasteiger charge is 2.35. The summed E-state index contributed by atoms with van der Waals surface area (Å²) in [5.41, 5.74) is -0.842. The Balaban J connectivity index is 1.73. The van der Waals surface area contributed by atoms with Crippen LogP contribution in [0.2, 0.25) is 0 Å². The molecule has 0 aliphatic carbocycles. The van der Waals surface area contributed by atoms with E-state index < -0.39 is 5.60 Å². The Labute approximate surface area is 135 Å². The molecule has 0 saturated carbocycles. The molecule has 1 atom stereocenters. The zero-order chi connectivity index (χ0) is 15.4. The average molecular weight is 324 g/mol. The van der Waals surface area contributed by atoms with Gasteiger partial charge in [0.1, 0.15) is 11.4 Å².